The Labute approximate surface area is 79.0 Å². The summed E-state index contributed by atoms with van der Waals surface area (Å²) in [6.07, 6.45) is 0.824. The lowest BCUT2D eigenvalue weighted by atomic mass is 10.0. The minimum absolute atomic E-state index is 0.0533. The van der Waals surface area contributed by atoms with Gasteiger partial charge in [0.2, 0.25) is 0 Å². The molecule has 1 atom stereocenters. The van der Waals surface area contributed by atoms with Crippen molar-refractivity contribution < 1.29 is 4.79 Å². The topological polar surface area (TPSA) is 29.1 Å². The summed E-state index contributed by atoms with van der Waals surface area (Å²) >= 11 is 0. The molecule has 0 radical (unpaired) electrons. The molecule has 0 bridgehead atoms. The van der Waals surface area contributed by atoms with Crippen molar-refractivity contribution in [3.05, 3.63) is 35.9 Å². The maximum atomic E-state index is 11.7. The first-order valence-corrected chi connectivity index (χ1v) is 4.56. The molecule has 0 saturated carbocycles. The highest BCUT2D eigenvalue weighted by atomic mass is 16.1. The van der Waals surface area contributed by atoms with Crippen LogP contribution < -0.4 is 5.32 Å². The molecule has 0 unspecified atom stereocenters. The van der Waals surface area contributed by atoms with E-state index in [9.17, 15) is 4.79 Å². The molecule has 0 heterocycles. The van der Waals surface area contributed by atoms with E-state index in [-0.39, 0.29) is 11.8 Å². The predicted molar refractivity (Wildman–Crippen MR) is 53.9 cm³/mol. The molecule has 0 spiro atoms. The summed E-state index contributed by atoms with van der Waals surface area (Å²) < 4.78 is 0. The van der Waals surface area contributed by atoms with Crippen molar-refractivity contribution in [2.24, 2.45) is 0 Å². The van der Waals surface area contributed by atoms with Crippen molar-refractivity contribution in [1.29, 1.82) is 0 Å². The molecule has 0 aliphatic heterocycles. The molecule has 1 aromatic rings. The van der Waals surface area contributed by atoms with Gasteiger partial charge in [-0.2, -0.15) is 0 Å². The van der Waals surface area contributed by atoms with Gasteiger partial charge in [0.15, 0.2) is 5.78 Å². The van der Waals surface area contributed by atoms with Gasteiger partial charge in [0.05, 0.1) is 6.04 Å². The summed E-state index contributed by atoms with van der Waals surface area (Å²) in [6.45, 7) is 2.00. The van der Waals surface area contributed by atoms with E-state index >= 15 is 0 Å². The summed E-state index contributed by atoms with van der Waals surface area (Å²) in [5, 5.41) is 3.00. The first-order valence-electron chi connectivity index (χ1n) is 4.56. The van der Waals surface area contributed by atoms with E-state index in [1.165, 1.54) is 0 Å². The Hall–Kier alpha value is -1.15. The quantitative estimate of drug-likeness (QED) is 0.711. The molecule has 0 aliphatic rings. The number of benzene rings is 1. The van der Waals surface area contributed by atoms with Gasteiger partial charge in [-0.1, -0.05) is 37.3 Å². The van der Waals surface area contributed by atoms with Gasteiger partial charge in [0.1, 0.15) is 0 Å². The Kier molecular flexibility index (Phi) is 3.65. The molecule has 0 aromatic heterocycles. The molecule has 13 heavy (non-hydrogen) atoms. The average molecular weight is 177 g/mol. The molecule has 0 aliphatic carbocycles. The third kappa shape index (κ3) is 2.39. The number of hydrogen-bond donors (Lipinski definition) is 1. The van der Waals surface area contributed by atoms with E-state index in [2.05, 4.69) is 5.32 Å². The fourth-order valence-corrected chi connectivity index (χ4v) is 1.32. The van der Waals surface area contributed by atoms with E-state index in [4.69, 9.17) is 0 Å². The number of likely N-dealkylation sites (N-methyl/N-ethyl adjacent to an activating group) is 1. The van der Waals surface area contributed by atoms with Gasteiger partial charge in [-0.05, 0) is 13.5 Å². The molecule has 0 fully saturated rings. The molecule has 1 N–H and O–H groups in total. The lowest BCUT2D eigenvalue weighted by Gasteiger charge is -2.11. The van der Waals surface area contributed by atoms with Crippen molar-refractivity contribution in [1.82, 2.24) is 5.32 Å². The summed E-state index contributed by atoms with van der Waals surface area (Å²) in [5.41, 5.74) is 0.781. The number of Topliss-reactive ketones (excluding diaryl/α,β-unsaturated/α-hetero) is 1. The standard InChI is InChI=1S/C11H15NO/c1-3-10(12-2)11(13)9-7-5-4-6-8-9/h4-8,10,12H,3H2,1-2H3/t10-/m0/s1. The Balaban J connectivity index is 2.78. The maximum Gasteiger partial charge on any atom is 0.179 e. The van der Waals surface area contributed by atoms with Crippen LogP contribution in [0.4, 0.5) is 0 Å². The Morgan fingerprint density at radius 2 is 2.00 bits per heavy atom. The van der Waals surface area contributed by atoms with E-state index in [1.54, 1.807) is 0 Å². The molecule has 0 saturated heterocycles. The highest BCUT2D eigenvalue weighted by molar-refractivity contribution is 5.99. The van der Waals surface area contributed by atoms with Crippen LogP contribution in [-0.2, 0) is 0 Å². The highest BCUT2D eigenvalue weighted by Gasteiger charge is 2.14. The molecule has 2 nitrogen and oxygen atoms in total. The minimum Gasteiger partial charge on any atom is -0.310 e. The van der Waals surface area contributed by atoms with Crippen LogP contribution in [0.5, 0.6) is 0 Å². The third-order valence-electron chi connectivity index (χ3n) is 2.13. The third-order valence-corrected chi connectivity index (χ3v) is 2.13. The zero-order valence-corrected chi connectivity index (χ0v) is 8.08. The van der Waals surface area contributed by atoms with E-state index in [0.717, 1.165) is 12.0 Å². The van der Waals surface area contributed by atoms with Crippen LogP contribution in [0.2, 0.25) is 0 Å². The summed E-state index contributed by atoms with van der Waals surface area (Å²) in [7, 11) is 1.81. The van der Waals surface area contributed by atoms with Gasteiger partial charge < -0.3 is 5.32 Å². The largest absolute Gasteiger partial charge is 0.310 e. The van der Waals surface area contributed by atoms with Crippen LogP contribution >= 0.6 is 0 Å². The summed E-state index contributed by atoms with van der Waals surface area (Å²) in [5.74, 6) is 0.172. The lowest BCUT2D eigenvalue weighted by molar-refractivity contribution is 0.0945. The van der Waals surface area contributed by atoms with Gasteiger partial charge in [-0.25, -0.2) is 0 Å². The van der Waals surface area contributed by atoms with Crippen molar-refractivity contribution in [3.63, 3.8) is 0 Å². The van der Waals surface area contributed by atoms with Crippen LogP contribution in [0.15, 0.2) is 30.3 Å². The second-order valence-electron chi connectivity index (χ2n) is 2.98. The van der Waals surface area contributed by atoms with Gasteiger partial charge in [0, 0.05) is 5.56 Å². The number of nitrogens with one attached hydrogen (secondary N) is 1. The van der Waals surface area contributed by atoms with Crippen molar-refractivity contribution in [2.75, 3.05) is 7.05 Å². The molecule has 2 heteroatoms. The zero-order valence-electron chi connectivity index (χ0n) is 8.08. The molecule has 1 aromatic carbocycles. The van der Waals surface area contributed by atoms with E-state index in [1.807, 2.05) is 44.3 Å². The Morgan fingerprint density at radius 1 is 1.38 bits per heavy atom. The number of rotatable bonds is 4. The monoisotopic (exact) mass is 177 g/mol. The Bertz CT molecular complexity index is 265. The van der Waals surface area contributed by atoms with Crippen molar-refractivity contribution in [3.8, 4) is 0 Å². The number of carbonyl (C=O) groups is 1. The number of carbonyl (C=O) groups excluding carboxylic acids is 1. The number of ketones is 1. The average Bonchev–Trinajstić information content (AvgIpc) is 2.21. The first-order chi connectivity index (χ1) is 6.29. The van der Waals surface area contributed by atoms with Crippen LogP contribution in [0.3, 0.4) is 0 Å². The summed E-state index contributed by atoms with van der Waals surface area (Å²) in [4.78, 5) is 11.7. The van der Waals surface area contributed by atoms with Gasteiger partial charge >= 0.3 is 0 Å². The minimum atomic E-state index is -0.0533. The normalized spacial score (nSPS) is 12.5. The molecular weight excluding hydrogens is 162 g/mol. The maximum absolute atomic E-state index is 11.7. The summed E-state index contributed by atoms with van der Waals surface area (Å²) in [6, 6.07) is 9.33. The van der Waals surface area contributed by atoms with Crippen LogP contribution in [0.1, 0.15) is 23.7 Å². The van der Waals surface area contributed by atoms with Crippen LogP contribution in [0.25, 0.3) is 0 Å². The van der Waals surface area contributed by atoms with Gasteiger partial charge in [-0.3, -0.25) is 4.79 Å². The SMILES string of the molecule is CC[C@H](NC)C(=O)c1ccccc1. The smallest absolute Gasteiger partial charge is 0.179 e. The zero-order chi connectivity index (χ0) is 9.68. The number of hydrogen-bond acceptors (Lipinski definition) is 2. The molecule has 70 valence electrons. The predicted octanol–water partition coefficient (Wildman–Crippen LogP) is 1.87. The fourth-order valence-electron chi connectivity index (χ4n) is 1.32. The van der Waals surface area contributed by atoms with Crippen LogP contribution in [-0.4, -0.2) is 18.9 Å². The molecular formula is C11H15NO. The van der Waals surface area contributed by atoms with Crippen molar-refractivity contribution in [2.45, 2.75) is 19.4 Å². The second kappa shape index (κ2) is 4.77. The molecule has 1 rings (SSSR count). The second-order valence-corrected chi connectivity index (χ2v) is 2.98. The van der Waals surface area contributed by atoms with Gasteiger partial charge in [-0.15, -0.1) is 0 Å². The van der Waals surface area contributed by atoms with Crippen LogP contribution in [0, 0.1) is 0 Å². The lowest BCUT2D eigenvalue weighted by Crippen LogP contribution is -2.33. The first kappa shape index (κ1) is 9.93. The highest BCUT2D eigenvalue weighted by Crippen LogP contribution is 2.05. The Morgan fingerprint density at radius 3 is 2.46 bits per heavy atom. The van der Waals surface area contributed by atoms with Crippen molar-refractivity contribution >= 4 is 5.78 Å². The van der Waals surface area contributed by atoms with E-state index in [0.29, 0.717) is 0 Å². The van der Waals surface area contributed by atoms with E-state index < -0.39 is 0 Å². The fraction of sp³-hybridized carbons (Fsp3) is 0.364. The molecule has 0 amide bonds. The van der Waals surface area contributed by atoms with Gasteiger partial charge in [0.25, 0.3) is 0 Å².